The van der Waals surface area contributed by atoms with Gasteiger partial charge >= 0.3 is 5.97 Å². The van der Waals surface area contributed by atoms with E-state index in [4.69, 9.17) is 16.3 Å². The van der Waals surface area contributed by atoms with E-state index in [9.17, 15) is 9.18 Å². The van der Waals surface area contributed by atoms with Crippen molar-refractivity contribution in [2.75, 3.05) is 7.11 Å². The number of hydrogen-bond acceptors (Lipinski definition) is 4. The first kappa shape index (κ1) is 13.4. The number of methoxy groups -OCH3 is 1. The Balaban J connectivity index is 2.51. The molecule has 0 fully saturated rings. The molecule has 1 aromatic carbocycles. The summed E-state index contributed by atoms with van der Waals surface area (Å²) in [5.41, 5.74) is 0.465. The van der Waals surface area contributed by atoms with E-state index in [1.54, 1.807) is 12.1 Å². The first-order valence-corrected chi connectivity index (χ1v) is 5.82. The number of rotatable bonds is 3. The molecule has 1 heterocycles. The van der Waals surface area contributed by atoms with Gasteiger partial charge in [-0.1, -0.05) is 29.8 Å². The fraction of sp³-hybridized carbons (Fsp3) is 0.154. The van der Waals surface area contributed by atoms with Crippen molar-refractivity contribution >= 4 is 17.6 Å². The molecular formula is C13H10ClFN2O2. The van der Waals surface area contributed by atoms with Gasteiger partial charge in [0, 0.05) is 5.56 Å². The number of benzene rings is 1. The number of ether oxygens (including phenoxy) is 1. The maximum absolute atomic E-state index is 13.8. The molecule has 0 spiro atoms. The predicted octanol–water partition coefficient (Wildman–Crippen LogP) is 2.57. The fourth-order valence-electron chi connectivity index (χ4n) is 1.71. The fourth-order valence-corrected chi connectivity index (χ4v) is 1.82. The van der Waals surface area contributed by atoms with E-state index in [0.717, 1.165) is 0 Å². The van der Waals surface area contributed by atoms with Crippen LogP contribution in [0.3, 0.4) is 0 Å². The molecule has 0 N–H and O–H groups in total. The molecule has 19 heavy (non-hydrogen) atoms. The molecule has 0 aliphatic rings. The molecule has 1 unspecified atom stereocenters. The van der Waals surface area contributed by atoms with Crippen molar-refractivity contribution in [1.29, 1.82) is 0 Å². The second-order valence-electron chi connectivity index (χ2n) is 3.76. The molecule has 0 saturated carbocycles. The summed E-state index contributed by atoms with van der Waals surface area (Å²) in [6, 6.07) is 8.96. The van der Waals surface area contributed by atoms with E-state index >= 15 is 0 Å². The topological polar surface area (TPSA) is 52.1 Å². The molecule has 0 aliphatic carbocycles. The van der Waals surface area contributed by atoms with Gasteiger partial charge in [0.2, 0.25) is 0 Å². The average molecular weight is 281 g/mol. The van der Waals surface area contributed by atoms with Crippen LogP contribution < -0.4 is 0 Å². The van der Waals surface area contributed by atoms with Gasteiger partial charge in [-0.2, -0.15) is 5.10 Å². The number of halogens is 2. The Hall–Kier alpha value is -2.01. The molecule has 0 radical (unpaired) electrons. The maximum Gasteiger partial charge on any atom is 0.319 e. The van der Waals surface area contributed by atoms with Crippen molar-refractivity contribution in [1.82, 2.24) is 10.2 Å². The molecule has 2 rings (SSSR count). The summed E-state index contributed by atoms with van der Waals surface area (Å²) < 4.78 is 18.5. The second-order valence-corrected chi connectivity index (χ2v) is 4.15. The van der Waals surface area contributed by atoms with Crippen molar-refractivity contribution in [2.24, 2.45) is 0 Å². The van der Waals surface area contributed by atoms with Crippen LogP contribution in [0, 0.1) is 5.82 Å². The van der Waals surface area contributed by atoms with E-state index in [-0.39, 0.29) is 16.4 Å². The highest BCUT2D eigenvalue weighted by Gasteiger charge is 2.27. The Morgan fingerprint density at radius 2 is 2.00 bits per heavy atom. The molecule has 1 aromatic heterocycles. The van der Waals surface area contributed by atoms with Crippen molar-refractivity contribution in [3.05, 3.63) is 58.6 Å². The summed E-state index contributed by atoms with van der Waals surface area (Å²) in [7, 11) is 1.24. The summed E-state index contributed by atoms with van der Waals surface area (Å²) >= 11 is 5.64. The second kappa shape index (κ2) is 5.75. The minimum Gasteiger partial charge on any atom is -0.468 e. The predicted molar refractivity (Wildman–Crippen MR) is 67.3 cm³/mol. The molecular weight excluding hydrogens is 271 g/mol. The van der Waals surface area contributed by atoms with E-state index < -0.39 is 17.7 Å². The standard InChI is InChI=1S/C13H10ClFN2O2/c1-19-13(18)12(8-4-2-3-5-9(8)15)10-6-7-11(14)17-16-10/h2-7,12H,1H3. The smallest absolute Gasteiger partial charge is 0.319 e. The molecule has 0 amide bonds. The maximum atomic E-state index is 13.8. The zero-order valence-corrected chi connectivity index (χ0v) is 10.8. The molecule has 0 bridgehead atoms. The number of carbonyl (C=O) groups is 1. The van der Waals surface area contributed by atoms with E-state index in [2.05, 4.69) is 10.2 Å². The van der Waals surface area contributed by atoms with Crippen LogP contribution in [0.1, 0.15) is 17.2 Å². The molecule has 6 heteroatoms. The van der Waals surface area contributed by atoms with Gasteiger partial charge < -0.3 is 4.74 Å². The summed E-state index contributed by atoms with van der Waals surface area (Å²) in [5.74, 6) is -2.08. The van der Waals surface area contributed by atoms with Gasteiger partial charge in [-0.15, -0.1) is 5.10 Å². The Kier molecular flexibility index (Phi) is 4.06. The third-order valence-corrected chi connectivity index (χ3v) is 2.80. The lowest BCUT2D eigenvalue weighted by atomic mass is 9.95. The highest BCUT2D eigenvalue weighted by Crippen LogP contribution is 2.26. The normalized spacial score (nSPS) is 11.9. The monoisotopic (exact) mass is 280 g/mol. The number of aromatic nitrogens is 2. The highest BCUT2D eigenvalue weighted by molar-refractivity contribution is 6.29. The summed E-state index contributed by atoms with van der Waals surface area (Å²) in [5, 5.41) is 7.67. The van der Waals surface area contributed by atoms with Crippen LogP contribution in [0.15, 0.2) is 36.4 Å². The van der Waals surface area contributed by atoms with Gasteiger partial charge in [0.1, 0.15) is 11.7 Å². The Morgan fingerprint density at radius 1 is 1.26 bits per heavy atom. The van der Waals surface area contributed by atoms with Gasteiger partial charge in [-0.3, -0.25) is 4.79 Å². The zero-order valence-electron chi connectivity index (χ0n) is 10.0. The van der Waals surface area contributed by atoms with Crippen LogP contribution in [-0.4, -0.2) is 23.3 Å². The molecule has 4 nitrogen and oxygen atoms in total. The summed E-state index contributed by atoms with van der Waals surface area (Å²) in [6.45, 7) is 0. The van der Waals surface area contributed by atoms with Crippen LogP contribution >= 0.6 is 11.6 Å². The van der Waals surface area contributed by atoms with Crippen LogP contribution in [0.25, 0.3) is 0 Å². The number of hydrogen-bond donors (Lipinski definition) is 0. The first-order valence-electron chi connectivity index (χ1n) is 5.45. The van der Waals surface area contributed by atoms with Gasteiger partial charge in [-0.05, 0) is 18.2 Å². The van der Waals surface area contributed by atoms with Crippen LogP contribution in [0.2, 0.25) is 5.15 Å². The van der Waals surface area contributed by atoms with E-state index in [1.165, 1.54) is 31.4 Å². The Bertz CT molecular complexity index is 589. The third kappa shape index (κ3) is 2.88. The van der Waals surface area contributed by atoms with E-state index in [0.29, 0.717) is 0 Å². The van der Waals surface area contributed by atoms with Gasteiger partial charge in [-0.25, -0.2) is 4.39 Å². The van der Waals surface area contributed by atoms with Gasteiger partial charge in [0.05, 0.1) is 12.8 Å². The van der Waals surface area contributed by atoms with Crippen molar-refractivity contribution < 1.29 is 13.9 Å². The van der Waals surface area contributed by atoms with Crippen LogP contribution in [-0.2, 0) is 9.53 Å². The lowest BCUT2D eigenvalue weighted by Gasteiger charge is -2.14. The minimum atomic E-state index is -0.962. The molecule has 2 aromatic rings. The number of carbonyl (C=O) groups excluding carboxylic acids is 1. The zero-order chi connectivity index (χ0) is 13.8. The minimum absolute atomic E-state index is 0.186. The largest absolute Gasteiger partial charge is 0.468 e. The summed E-state index contributed by atoms with van der Waals surface area (Å²) in [4.78, 5) is 11.9. The summed E-state index contributed by atoms with van der Waals surface area (Å²) in [6.07, 6.45) is 0. The van der Waals surface area contributed by atoms with Crippen molar-refractivity contribution in [3.8, 4) is 0 Å². The lowest BCUT2D eigenvalue weighted by Crippen LogP contribution is -2.18. The van der Waals surface area contributed by atoms with E-state index in [1.807, 2.05) is 0 Å². The quantitative estimate of drug-likeness (QED) is 0.811. The van der Waals surface area contributed by atoms with Crippen LogP contribution in [0.5, 0.6) is 0 Å². The third-order valence-electron chi connectivity index (χ3n) is 2.60. The molecule has 0 aliphatic heterocycles. The van der Waals surface area contributed by atoms with Crippen LogP contribution in [0.4, 0.5) is 4.39 Å². The van der Waals surface area contributed by atoms with Crippen molar-refractivity contribution in [2.45, 2.75) is 5.92 Å². The van der Waals surface area contributed by atoms with Crippen molar-refractivity contribution in [3.63, 3.8) is 0 Å². The molecule has 0 saturated heterocycles. The molecule has 1 atom stereocenters. The molecule has 98 valence electrons. The van der Waals surface area contributed by atoms with Gasteiger partial charge in [0.25, 0.3) is 0 Å². The van der Waals surface area contributed by atoms with Gasteiger partial charge in [0.15, 0.2) is 5.15 Å². The Labute approximate surface area is 114 Å². The highest BCUT2D eigenvalue weighted by atomic mass is 35.5. The first-order chi connectivity index (χ1) is 9.13. The SMILES string of the molecule is COC(=O)C(c1ccc(Cl)nn1)c1ccccc1F. The number of nitrogens with zero attached hydrogens (tertiary/aromatic N) is 2. The average Bonchev–Trinajstić information content (AvgIpc) is 2.43. The Morgan fingerprint density at radius 3 is 2.58 bits per heavy atom. The number of esters is 1. The lowest BCUT2D eigenvalue weighted by molar-refractivity contribution is -0.141.